The molecule has 1 amide bonds. The van der Waals surface area contributed by atoms with E-state index >= 15 is 0 Å². The van der Waals surface area contributed by atoms with Gasteiger partial charge in [0, 0.05) is 12.1 Å². The number of rotatable bonds is 6. The van der Waals surface area contributed by atoms with Crippen LogP contribution in [0.25, 0.3) is 5.69 Å². The Balaban J connectivity index is 1.89. The van der Waals surface area contributed by atoms with Crippen molar-refractivity contribution in [3.63, 3.8) is 0 Å². The van der Waals surface area contributed by atoms with Crippen molar-refractivity contribution in [3.8, 4) is 5.69 Å². The molecular formula is C19H19N5O3. The van der Waals surface area contributed by atoms with Gasteiger partial charge in [0.15, 0.2) is 0 Å². The van der Waals surface area contributed by atoms with Crippen LogP contribution in [0.4, 0.5) is 0 Å². The molecule has 0 radical (unpaired) electrons. The summed E-state index contributed by atoms with van der Waals surface area (Å²) in [6.07, 6.45) is 1.45. The molecule has 3 rings (SSSR count). The van der Waals surface area contributed by atoms with Crippen molar-refractivity contribution in [1.82, 2.24) is 25.1 Å². The third kappa shape index (κ3) is 4.35. The van der Waals surface area contributed by atoms with Gasteiger partial charge in [-0.25, -0.2) is 4.68 Å². The van der Waals surface area contributed by atoms with Gasteiger partial charge in [0.05, 0.1) is 12.8 Å². The summed E-state index contributed by atoms with van der Waals surface area (Å²) in [5.74, 6) is -0.757. The number of aromatic nitrogens is 4. The lowest BCUT2D eigenvalue weighted by molar-refractivity contribution is -0.141. The number of carbonyl (C=O) groups excluding carboxylic acids is 2. The zero-order chi connectivity index (χ0) is 19.2. The van der Waals surface area contributed by atoms with Crippen LogP contribution in [-0.2, 0) is 16.1 Å². The lowest BCUT2D eigenvalue weighted by Crippen LogP contribution is -2.36. The first-order chi connectivity index (χ1) is 13.1. The Morgan fingerprint density at radius 2 is 1.96 bits per heavy atom. The van der Waals surface area contributed by atoms with E-state index in [9.17, 15) is 9.59 Å². The van der Waals surface area contributed by atoms with Gasteiger partial charge in [-0.3, -0.25) is 9.59 Å². The fourth-order valence-electron chi connectivity index (χ4n) is 2.66. The molecule has 0 bridgehead atoms. The molecule has 0 unspecified atom stereocenters. The minimum absolute atomic E-state index is 0.140. The molecule has 0 aliphatic heterocycles. The van der Waals surface area contributed by atoms with E-state index in [4.69, 9.17) is 4.74 Å². The maximum Gasteiger partial charge on any atom is 0.325 e. The number of ether oxygens (including phenoxy) is 1. The molecule has 1 heterocycles. The van der Waals surface area contributed by atoms with Crippen molar-refractivity contribution >= 4 is 11.9 Å². The SMILES string of the molecule is COC(=O)CN(Cc1ccccc1C)C(=O)c1cccc(-n2cnnn2)c1. The van der Waals surface area contributed by atoms with Gasteiger partial charge in [-0.15, -0.1) is 5.10 Å². The molecule has 1 aromatic heterocycles. The Morgan fingerprint density at radius 3 is 2.67 bits per heavy atom. The number of hydrogen-bond donors (Lipinski definition) is 0. The highest BCUT2D eigenvalue weighted by molar-refractivity contribution is 5.96. The largest absolute Gasteiger partial charge is 0.468 e. The van der Waals surface area contributed by atoms with Crippen molar-refractivity contribution in [2.24, 2.45) is 0 Å². The van der Waals surface area contributed by atoms with Crippen molar-refractivity contribution in [1.29, 1.82) is 0 Å². The molecule has 8 heteroatoms. The number of hydrogen-bond acceptors (Lipinski definition) is 6. The lowest BCUT2D eigenvalue weighted by Gasteiger charge is -2.23. The van der Waals surface area contributed by atoms with Crippen molar-refractivity contribution in [2.75, 3.05) is 13.7 Å². The molecule has 3 aromatic rings. The molecule has 0 aliphatic carbocycles. The van der Waals surface area contributed by atoms with Gasteiger partial charge >= 0.3 is 5.97 Å². The summed E-state index contributed by atoms with van der Waals surface area (Å²) >= 11 is 0. The van der Waals surface area contributed by atoms with E-state index in [0.717, 1.165) is 11.1 Å². The van der Waals surface area contributed by atoms with E-state index in [0.29, 0.717) is 17.8 Å². The Hall–Kier alpha value is -3.55. The van der Waals surface area contributed by atoms with Gasteiger partial charge in [-0.1, -0.05) is 30.3 Å². The number of carbonyl (C=O) groups is 2. The predicted octanol–water partition coefficient (Wildman–Crippen LogP) is 1.79. The summed E-state index contributed by atoms with van der Waals surface area (Å²) in [4.78, 5) is 26.4. The third-order valence-corrected chi connectivity index (χ3v) is 4.16. The second-order valence-electron chi connectivity index (χ2n) is 5.97. The van der Waals surface area contributed by atoms with Crippen LogP contribution in [0, 0.1) is 6.92 Å². The topological polar surface area (TPSA) is 90.2 Å². The van der Waals surface area contributed by atoms with Crippen LogP contribution < -0.4 is 0 Å². The average molecular weight is 365 g/mol. The van der Waals surface area contributed by atoms with Gasteiger partial charge in [0.25, 0.3) is 5.91 Å². The van der Waals surface area contributed by atoms with Crippen LogP contribution >= 0.6 is 0 Å². The van der Waals surface area contributed by atoms with E-state index in [1.54, 1.807) is 24.3 Å². The number of methoxy groups -OCH3 is 1. The lowest BCUT2D eigenvalue weighted by atomic mass is 10.1. The molecule has 0 saturated heterocycles. The summed E-state index contributed by atoms with van der Waals surface area (Å²) in [5.41, 5.74) is 3.09. The highest BCUT2D eigenvalue weighted by Crippen LogP contribution is 2.16. The molecule has 0 aliphatic rings. The summed E-state index contributed by atoms with van der Waals surface area (Å²) in [6.45, 7) is 2.13. The van der Waals surface area contributed by atoms with Crippen LogP contribution in [0.15, 0.2) is 54.9 Å². The highest BCUT2D eigenvalue weighted by Gasteiger charge is 2.21. The summed E-state index contributed by atoms with van der Waals surface area (Å²) in [5, 5.41) is 11.0. The minimum atomic E-state index is -0.478. The molecule has 27 heavy (non-hydrogen) atoms. The summed E-state index contributed by atoms with van der Waals surface area (Å²) < 4.78 is 6.21. The number of tetrazole rings is 1. The smallest absolute Gasteiger partial charge is 0.325 e. The standard InChI is InChI=1S/C19H19N5O3/c1-14-6-3-4-7-16(14)11-23(12-18(25)27-2)19(26)15-8-5-9-17(10-15)24-13-20-21-22-24/h3-10,13H,11-12H2,1-2H3. The Kier molecular flexibility index (Phi) is 5.55. The Morgan fingerprint density at radius 1 is 1.15 bits per heavy atom. The molecular weight excluding hydrogens is 346 g/mol. The summed E-state index contributed by atoms with van der Waals surface area (Å²) in [7, 11) is 1.30. The van der Waals surface area contributed by atoms with Crippen LogP contribution in [0.2, 0.25) is 0 Å². The second kappa shape index (κ2) is 8.22. The number of amides is 1. The first kappa shape index (κ1) is 18.2. The monoisotopic (exact) mass is 365 g/mol. The zero-order valence-corrected chi connectivity index (χ0v) is 15.1. The quantitative estimate of drug-likeness (QED) is 0.619. The van der Waals surface area contributed by atoms with E-state index < -0.39 is 5.97 Å². The summed E-state index contributed by atoms with van der Waals surface area (Å²) in [6, 6.07) is 14.6. The molecule has 0 fully saturated rings. The van der Waals surface area contributed by atoms with E-state index in [-0.39, 0.29) is 12.5 Å². The van der Waals surface area contributed by atoms with Crippen LogP contribution in [-0.4, -0.2) is 50.6 Å². The van der Waals surface area contributed by atoms with Gasteiger partial charge in [0.2, 0.25) is 0 Å². The second-order valence-corrected chi connectivity index (χ2v) is 5.97. The Bertz CT molecular complexity index is 940. The minimum Gasteiger partial charge on any atom is -0.468 e. The van der Waals surface area contributed by atoms with Crippen molar-refractivity contribution in [3.05, 3.63) is 71.5 Å². The highest BCUT2D eigenvalue weighted by atomic mass is 16.5. The fraction of sp³-hybridized carbons (Fsp3) is 0.211. The number of benzene rings is 2. The predicted molar refractivity (Wildman–Crippen MR) is 97.1 cm³/mol. The zero-order valence-electron chi connectivity index (χ0n) is 15.1. The van der Waals surface area contributed by atoms with Crippen LogP contribution in [0.5, 0.6) is 0 Å². The van der Waals surface area contributed by atoms with Gasteiger partial charge in [0.1, 0.15) is 12.9 Å². The van der Waals surface area contributed by atoms with Crippen molar-refractivity contribution < 1.29 is 14.3 Å². The first-order valence-electron chi connectivity index (χ1n) is 8.32. The van der Waals surface area contributed by atoms with E-state index in [2.05, 4.69) is 15.5 Å². The third-order valence-electron chi connectivity index (χ3n) is 4.16. The Labute approximate surface area is 156 Å². The van der Waals surface area contributed by atoms with Gasteiger partial charge in [-0.2, -0.15) is 0 Å². The van der Waals surface area contributed by atoms with Crippen LogP contribution in [0.1, 0.15) is 21.5 Å². The number of nitrogens with zero attached hydrogens (tertiary/aromatic N) is 5. The van der Waals surface area contributed by atoms with E-state index in [1.165, 1.54) is 23.0 Å². The number of esters is 1. The first-order valence-corrected chi connectivity index (χ1v) is 8.32. The van der Waals surface area contributed by atoms with E-state index in [1.807, 2.05) is 31.2 Å². The fourth-order valence-corrected chi connectivity index (χ4v) is 2.66. The van der Waals surface area contributed by atoms with Gasteiger partial charge in [-0.05, 0) is 46.7 Å². The molecule has 0 saturated carbocycles. The molecule has 138 valence electrons. The molecule has 2 aromatic carbocycles. The normalized spacial score (nSPS) is 10.4. The number of aryl methyl sites for hydroxylation is 1. The molecule has 0 spiro atoms. The van der Waals surface area contributed by atoms with Crippen molar-refractivity contribution in [2.45, 2.75) is 13.5 Å². The average Bonchev–Trinajstić information content (AvgIpc) is 3.23. The van der Waals surface area contributed by atoms with Gasteiger partial charge < -0.3 is 9.64 Å². The maximum absolute atomic E-state index is 13.1. The van der Waals surface area contributed by atoms with Crippen LogP contribution in [0.3, 0.4) is 0 Å². The maximum atomic E-state index is 13.1. The molecule has 8 nitrogen and oxygen atoms in total. The molecule has 0 N–H and O–H groups in total. The molecule has 0 atom stereocenters.